The molecule has 1 aromatic carbocycles. The third-order valence-electron chi connectivity index (χ3n) is 1.83. The molecule has 17 heavy (non-hydrogen) atoms. The van der Waals surface area contributed by atoms with E-state index in [1.54, 1.807) is 4.72 Å². The number of carbonyl (C=O) groups is 1. The fourth-order valence-electron chi connectivity index (χ4n) is 1.10. The Kier molecular flexibility index (Phi) is 4.02. The summed E-state index contributed by atoms with van der Waals surface area (Å²) < 4.78 is 42.8. The molecule has 0 aliphatic rings. The van der Waals surface area contributed by atoms with Crippen LogP contribution in [0.25, 0.3) is 0 Å². The number of carboxylic acid groups (broad SMARTS) is 1. The zero-order chi connectivity index (χ0) is 13.1. The summed E-state index contributed by atoms with van der Waals surface area (Å²) in [6, 6.07) is 2.93. The van der Waals surface area contributed by atoms with E-state index < -0.39 is 33.3 Å². The summed E-state index contributed by atoms with van der Waals surface area (Å²) in [5.41, 5.74) is 0. The molecule has 2 N–H and O–H groups in total. The predicted molar refractivity (Wildman–Crippen MR) is 55.8 cm³/mol. The van der Waals surface area contributed by atoms with Gasteiger partial charge in [-0.25, -0.2) is 12.8 Å². The van der Waals surface area contributed by atoms with E-state index in [4.69, 9.17) is 9.84 Å². The number of nitrogens with one attached hydrogen (secondary N) is 1. The minimum atomic E-state index is -4.12. The summed E-state index contributed by atoms with van der Waals surface area (Å²) in [5, 5.41) is 8.37. The first kappa shape index (κ1) is 13.4. The van der Waals surface area contributed by atoms with E-state index in [9.17, 15) is 17.6 Å². The quantitative estimate of drug-likeness (QED) is 0.791. The van der Waals surface area contributed by atoms with Crippen molar-refractivity contribution in [2.24, 2.45) is 0 Å². The molecule has 0 bridgehead atoms. The second-order valence-corrected chi connectivity index (χ2v) is 4.75. The van der Waals surface area contributed by atoms with E-state index in [1.165, 1.54) is 7.11 Å². The Morgan fingerprint density at radius 1 is 1.53 bits per heavy atom. The number of halogens is 1. The van der Waals surface area contributed by atoms with Crippen LogP contribution in [-0.2, 0) is 14.8 Å². The Morgan fingerprint density at radius 2 is 2.18 bits per heavy atom. The molecule has 1 aromatic rings. The van der Waals surface area contributed by atoms with Gasteiger partial charge in [-0.2, -0.15) is 4.72 Å². The van der Waals surface area contributed by atoms with Crippen molar-refractivity contribution in [2.45, 2.75) is 4.90 Å². The fourth-order valence-corrected chi connectivity index (χ4v) is 2.25. The normalized spacial score (nSPS) is 11.2. The van der Waals surface area contributed by atoms with Crippen molar-refractivity contribution in [1.82, 2.24) is 4.72 Å². The Balaban J connectivity index is 3.13. The first-order chi connectivity index (χ1) is 7.86. The van der Waals surface area contributed by atoms with Crippen LogP contribution >= 0.6 is 0 Å². The molecule has 0 spiro atoms. The molecule has 0 saturated heterocycles. The molecule has 0 fully saturated rings. The molecule has 0 atom stereocenters. The van der Waals surface area contributed by atoms with Crippen LogP contribution in [0.4, 0.5) is 4.39 Å². The standard InChI is InChI=1S/C9H10FNO5S/c1-16-7-3-2-6(10)4-8(7)17(14,15)11-5-9(12)13/h2-4,11H,5H2,1H3,(H,12,13). The highest BCUT2D eigenvalue weighted by Gasteiger charge is 2.20. The molecular formula is C9H10FNO5S. The van der Waals surface area contributed by atoms with Crippen molar-refractivity contribution < 1.29 is 27.4 Å². The maximum absolute atomic E-state index is 12.9. The molecular weight excluding hydrogens is 253 g/mol. The van der Waals surface area contributed by atoms with Gasteiger partial charge >= 0.3 is 5.97 Å². The third-order valence-corrected chi connectivity index (χ3v) is 3.25. The van der Waals surface area contributed by atoms with E-state index in [0.29, 0.717) is 0 Å². The van der Waals surface area contributed by atoms with Gasteiger partial charge in [0, 0.05) is 0 Å². The fraction of sp³-hybridized carbons (Fsp3) is 0.222. The Bertz CT molecular complexity index is 528. The van der Waals surface area contributed by atoms with E-state index >= 15 is 0 Å². The van der Waals surface area contributed by atoms with Crippen molar-refractivity contribution in [1.29, 1.82) is 0 Å². The van der Waals surface area contributed by atoms with E-state index in [2.05, 4.69) is 0 Å². The summed E-state index contributed by atoms with van der Waals surface area (Å²) in [6.45, 7) is -0.790. The maximum atomic E-state index is 12.9. The van der Waals surface area contributed by atoms with Crippen molar-refractivity contribution in [3.05, 3.63) is 24.0 Å². The first-order valence-corrected chi connectivity index (χ1v) is 5.90. The molecule has 0 radical (unpaired) electrons. The number of carboxylic acids is 1. The molecule has 0 unspecified atom stereocenters. The van der Waals surface area contributed by atoms with Crippen LogP contribution in [0.5, 0.6) is 5.75 Å². The Morgan fingerprint density at radius 3 is 2.71 bits per heavy atom. The highest BCUT2D eigenvalue weighted by Crippen LogP contribution is 2.23. The topological polar surface area (TPSA) is 92.7 Å². The minimum absolute atomic E-state index is 0.0655. The van der Waals surface area contributed by atoms with Crippen LogP contribution in [-0.4, -0.2) is 33.1 Å². The van der Waals surface area contributed by atoms with Crippen molar-refractivity contribution in [3.8, 4) is 5.75 Å². The van der Waals surface area contributed by atoms with Crippen LogP contribution in [0.3, 0.4) is 0 Å². The Labute approximate surface area is 97.1 Å². The lowest BCUT2D eigenvalue weighted by atomic mass is 10.3. The van der Waals surface area contributed by atoms with Gasteiger partial charge in [-0.3, -0.25) is 4.79 Å². The molecule has 6 nitrogen and oxygen atoms in total. The van der Waals surface area contributed by atoms with E-state index in [0.717, 1.165) is 18.2 Å². The lowest BCUT2D eigenvalue weighted by Gasteiger charge is -2.09. The smallest absolute Gasteiger partial charge is 0.318 e. The SMILES string of the molecule is COc1ccc(F)cc1S(=O)(=O)NCC(=O)O. The van der Waals surface area contributed by atoms with Gasteiger partial charge in [0.15, 0.2) is 0 Å². The number of aliphatic carboxylic acids is 1. The predicted octanol–water partition coefficient (Wildman–Crippen LogP) is 0.197. The number of sulfonamides is 1. The zero-order valence-corrected chi connectivity index (χ0v) is 9.62. The van der Waals surface area contributed by atoms with Gasteiger partial charge in [0.25, 0.3) is 0 Å². The Hall–Kier alpha value is -1.67. The molecule has 0 heterocycles. The summed E-state index contributed by atoms with van der Waals surface area (Å²) in [7, 11) is -2.89. The van der Waals surface area contributed by atoms with Crippen LogP contribution in [0, 0.1) is 5.82 Å². The van der Waals surface area contributed by atoms with Crippen LogP contribution < -0.4 is 9.46 Å². The molecule has 94 valence electrons. The number of methoxy groups -OCH3 is 1. The number of ether oxygens (including phenoxy) is 1. The summed E-state index contributed by atoms with van der Waals surface area (Å²) in [6.07, 6.45) is 0. The lowest BCUT2D eigenvalue weighted by Crippen LogP contribution is -2.29. The molecule has 8 heteroatoms. The number of benzene rings is 1. The second kappa shape index (κ2) is 5.11. The molecule has 0 aliphatic heterocycles. The average Bonchev–Trinajstić information content (AvgIpc) is 2.26. The zero-order valence-electron chi connectivity index (χ0n) is 8.81. The van der Waals surface area contributed by atoms with Gasteiger partial charge in [0.05, 0.1) is 7.11 Å². The van der Waals surface area contributed by atoms with Gasteiger partial charge in [0.1, 0.15) is 23.0 Å². The summed E-state index contributed by atoms with van der Waals surface area (Å²) in [4.78, 5) is 9.82. The average molecular weight is 263 g/mol. The number of hydrogen-bond donors (Lipinski definition) is 2. The van der Waals surface area contributed by atoms with Crippen LogP contribution in [0.2, 0.25) is 0 Å². The second-order valence-electron chi connectivity index (χ2n) is 3.01. The van der Waals surface area contributed by atoms with Crippen molar-refractivity contribution in [2.75, 3.05) is 13.7 Å². The van der Waals surface area contributed by atoms with Gasteiger partial charge in [0.2, 0.25) is 10.0 Å². The highest BCUT2D eigenvalue weighted by molar-refractivity contribution is 7.89. The summed E-state index contributed by atoms with van der Waals surface area (Å²) in [5.74, 6) is -2.17. The molecule has 0 aromatic heterocycles. The summed E-state index contributed by atoms with van der Waals surface area (Å²) >= 11 is 0. The lowest BCUT2D eigenvalue weighted by molar-refractivity contribution is -0.135. The molecule has 1 rings (SSSR count). The van der Waals surface area contributed by atoms with Gasteiger partial charge in [-0.05, 0) is 18.2 Å². The molecule has 0 aliphatic carbocycles. The van der Waals surface area contributed by atoms with Gasteiger partial charge in [-0.15, -0.1) is 0 Å². The minimum Gasteiger partial charge on any atom is -0.495 e. The monoisotopic (exact) mass is 263 g/mol. The van der Waals surface area contributed by atoms with Gasteiger partial charge in [-0.1, -0.05) is 0 Å². The third kappa shape index (κ3) is 3.40. The molecule has 0 saturated carbocycles. The van der Waals surface area contributed by atoms with Crippen LogP contribution in [0.15, 0.2) is 23.1 Å². The highest BCUT2D eigenvalue weighted by atomic mass is 32.2. The number of rotatable bonds is 5. The largest absolute Gasteiger partial charge is 0.495 e. The van der Waals surface area contributed by atoms with Crippen molar-refractivity contribution in [3.63, 3.8) is 0 Å². The number of hydrogen-bond acceptors (Lipinski definition) is 4. The van der Waals surface area contributed by atoms with E-state index in [-0.39, 0.29) is 5.75 Å². The van der Waals surface area contributed by atoms with Crippen LogP contribution in [0.1, 0.15) is 0 Å². The van der Waals surface area contributed by atoms with Crippen molar-refractivity contribution >= 4 is 16.0 Å². The maximum Gasteiger partial charge on any atom is 0.318 e. The van der Waals surface area contributed by atoms with Gasteiger partial charge < -0.3 is 9.84 Å². The first-order valence-electron chi connectivity index (χ1n) is 4.42. The van der Waals surface area contributed by atoms with E-state index in [1.807, 2.05) is 0 Å². The molecule has 0 amide bonds.